The smallest absolute Gasteiger partial charge is 0.0886 e. The zero-order valence-corrected chi connectivity index (χ0v) is 17.0. The molecule has 152 valence electrons. The van der Waals surface area contributed by atoms with Crippen molar-refractivity contribution < 1.29 is 4.74 Å². The molecule has 2 aliphatic carbocycles. The number of rotatable bonds is 2. The summed E-state index contributed by atoms with van der Waals surface area (Å²) in [4.78, 5) is 2.74. The largest absolute Gasteiger partial charge is 0.374 e. The zero-order chi connectivity index (χ0) is 17.8. The Kier molecular flexibility index (Phi) is 4.76. The van der Waals surface area contributed by atoms with Gasteiger partial charge in [-0.05, 0) is 101 Å². The van der Waals surface area contributed by atoms with Crippen LogP contribution in [0.15, 0.2) is 0 Å². The van der Waals surface area contributed by atoms with Crippen molar-refractivity contribution in [2.75, 3.05) is 32.8 Å². The van der Waals surface area contributed by atoms with Crippen molar-refractivity contribution in [2.24, 2.45) is 29.6 Å². The lowest BCUT2D eigenvalue weighted by Gasteiger charge is -2.51. The molecule has 27 heavy (non-hydrogen) atoms. The molecule has 0 amide bonds. The van der Waals surface area contributed by atoms with Crippen LogP contribution in [0.2, 0.25) is 0 Å². The molecule has 6 fully saturated rings. The molecule has 0 radical (unpaired) electrons. The van der Waals surface area contributed by atoms with E-state index in [4.69, 9.17) is 4.74 Å². The number of nitrogens with zero attached hydrogens (tertiary/aromatic N) is 1. The number of ether oxygens (including phenoxy) is 1. The van der Waals surface area contributed by atoms with Gasteiger partial charge in [0.05, 0.1) is 12.7 Å². The first-order chi connectivity index (χ1) is 13.4. The summed E-state index contributed by atoms with van der Waals surface area (Å²) in [7, 11) is 0. The van der Waals surface area contributed by atoms with Gasteiger partial charge in [0.2, 0.25) is 0 Å². The van der Waals surface area contributed by atoms with Gasteiger partial charge in [-0.15, -0.1) is 0 Å². The van der Waals surface area contributed by atoms with E-state index in [-0.39, 0.29) is 0 Å². The van der Waals surface area contributed by atoms with E-state index in [9.17, 15) is 0 Å². The molecule has 0 aromatic heterocycles. The van der Waals surface area contributed by atoms with Crippen molar-refractivity contribution in [3.8, 4) is 0 Å². The molecular weight excluding hydrogens is 334 g/mol. The van der Waals surface area contributed by atoms with Crippen molar-refractivity contribution >= 4 is 0 Å². The van der Waals surface area contributed by atoms with Gasteiger partial charge in [-0.2, -0.15) is 0 Å². The normalized spacial score (nSPS) is 53.1. The summed E-state index contributed by atoms with van der Waals surface area (Å²) in [5, 5.41) is 8.09. The lowest BCUT2D eigenvalue weighted by atomic mass is 9.60. The fraction of sp³-hybridized carbons (Fsp3) is 1.00. The Labute approximate surface area is 165 Å². The topological polar surface area (TPSA) is 36.5 Å². The Morgan fingerprint density at radius 1 is 0.667 bits per heavy atom. The summed E-state index contributed by atoms with van der Waals surface area (Å²) in [6.45, 7) is 5.92. The first kappa shape index (κ1) is 17.7. The fourth-order valence-corrected chi connectivity index (χ4v) is 8.33. The van der Waals surface area contributed by atoms with Crippen LogP contribution in [0.3, 0.4) is 0 Å². The van der Waals surface area contributed by atoms with Crippen molar-refractivity contribution in [1.29, 1.82) is 0 Å². The molecule has 9 unspecified atom stereocenters. The predicted molar refractivity (Wildman–Crippen MR) is 108 cm³/mol. The molecule has 0 aromatic rings. The second-order valence-corrected chi connectivity index (χ2v) is 10.5. The van der Waals surface area contributed by atoms with E-state index in [2.05, 4.69) is 15.5 Å². The van der Waals surface area contributed by atoms with E-state index in [0.717, 1.165) is 42.2 Å². The first-order valence-electron chi connectivity index (χ1n) is 12.2. The monoisotopic (exact) mass is 373 g/mol. The van der Waals surface area contributed by atoms with Gasteiger partial charge < -0.3 is 15.4 Å². The van der Waals surface area contributed by atoms with E-state index in [0.29, 0.717) is 18.2 Å². The van der Waals surface area contributed by atoms with Gasteiger partial charge in [0.15, 0.2) is 0 Å². The second kappa shape index (κ2) is 7.27. The third kappa shape index (κ3) is 2.93. The highest BCUT2D eigenvalue weighted by molar-refractivity contribution is 5.06. The van der Waals surface area contributed by atoms with E-state index in [1.54, 1.807) is 0 Å². The average molecular weight is 374 g/mol. The van der Waals surface area contributed by atoms with Gasteiger partial charge in [0, 0.05) is 24.7 Å². The minimum absolute atomic E-state index is 0.446. The Bertz CT molecular complexity index is 542. The highest BCUT2D eigenvalue weighted by Gasteiger charge is 2.51. The summed E-state index contributed by atoms with van der Waals surface area (Å²) >= 11 is 0. The molecule has 9 atom stereocenters. The maximum absolute atomic E-state index is 6.51. The van der Waals surface area contributed by atoms with Crippen LogP contribution >= 0.6 is 0 Å². The van der Waals surface area contributed by atoms with Crippen LogP contribution in [0.1, 0.15) is 57.8 Å². The van der Waals surface area contributed by atoms with E-state index in [1.807, 2.05) is 0 Å². The summed E-state index contributed by atoms with van der Waals surface area (Å²) in [5.41, 5.74) is 0. The Morgan fingerprint density at radius 3 is 2.44 bits per heavy atom. The number of hydrogen-bond donors (Lipinski definition) is 2. The van der Waals surface area contributed by atoms with Crippen LogP contribution in [0, 0.1) is 29.6 Å². The van der Waals surface area contributed by atoms with Crippen LogP contribution in [-0.2, 0) is 4.74 Å². The van der Waals surface area contributed by atoms with Gasteiger partial charge in [0.1, 0.15) is 0 Å². The molecule has 0 aromatic carbocycles. The highest BCUT2D eigenvalue weighted by Crippen LogP contribution is 2.50. The van der Waals surface area contributed by atoms with Crippen LogP contribution in [0.25, 0.3) is 0 Å². The summed E-state index contributed by atoms with van der Waals surface area (Å²) in [5.74, 6) is 4.74. The zero-order valence-electron chi connectivity index (χ0n) is 17.0. The predicted octanol–water partition coefficient (Wildman–Crippen LogP) is 2.63. The van der Waals surface area contributed by atoms with Crippen molar-refractivity contribution in [3.63, 3.8) is 0 Å². The van der Waals surface area contributed by atoms with Crippen LogP contribution in [0.4, 0.5) is 0 Å². The SMILES string of the molecule is C1CC2C(C3NCCC4CCC43)CCNC(C3OCCN4CCCC34)C2C1. The standard InChI is InChI=1S/C23H39N3O/c1-3-17-18(4-1)22(23-20-5-2-12-26(20)13-14-27-23)25-11-9-19(17)21-16-7-6-15(16)8-10-24-21/h15-25H,1-14H2. The van der Waals surface area contributed by atoms with Gasteiger partial charge in [-0.1, -0.05) is 6.42 Å². The van der Waals surface area contributed by atoms with Crippen molar-refractivity contribution in [3.05, 3.63) is 0 Å². The van der Waals surface area contributed by atoms with E-state index < -0.39 is 0 Å². The molecule has 2 saturated carbocycles. The number of morpholine rings is 1. The van der Waals surface area contributed by atoms with Crippen LogP contribution in [-0.4, -0.2) is 61.9 Å². The Hall–Kier alpha value is -0.160. The third-order valence-electron chi connectivity index (χ3n) is 9.62. The summed E-state index contributed by atoms with van der Waals surface area (Å²) in [6.07, 6.45) is 13.4. The maximum Gasteiger partial charge on any atom is 0.0886 e. The van der Waals surface area contributed by atoms with Crippen molar-refractivity contribution in [1.82, 2.24) is 15.5 Å². The third-order valence-corrected chi connectivity index (χ3v) is 9.62. The lowest BCUT2D eigenvalue weighted by Crippen LogP contribution is -2.59. The van der Waals surface area contributed by atoms with Crippen molar-refractivity contribution in [2.45, 2.75) is 82.0 Å². The Balaban J connectivity index is 1.24. The maximum atomic E-state index is 6.51. The number of hydrogen-bond acceptors (Lipinski definition) is 4. The van der Waals surface area contributed by atoms with Gasteiger partial charge in [-0.3, -0.25) is 4.90 Å². The van der Waals surface area contributed by atoms with E-state index in [1.165, 1.54) is 84.0 Å². The first-order valence-corrected chi connectivity index (χ1v) is 12.2. The van der Waals surface area contributed by atoms with Gasteiger partial charge in [-0.25, -0.2) is 0 Å². The molecule has 0 bridgehead atoms. The molecular formula is C23H39N3O. The molecule has 6 aliphatic rings. The Morgan fingerprint density at radius 2 is 1.52 bits per heavy atom. The van der Waals surface area contributed by atoms with Crippen LogP contribution in [0.5, 0.6) is 0 Å². The molecule has 4 heteroatoms. The minimum atomic E-state index is 0.446. The van der Waals surface area contributed by atoms with Crippen LogP contribution < -0.4 is 10.6 Å². The summed E-state index contributed by atoms with van der Waals surface area (Å²) < 4.78 is 6.51. The fourth-order valence-electron chi connectivity index (χ4n) is 8.33. The number of fused-ring (bicyclic) bond motifs is 3. The minimum Gasteiger partial charge on any atom is -0.374 e. The summed E-state index contributed by atoms with van der Waals surface area (Å²) in [6, 6.07) is 2.12. The quantitative estimate of drug-likeness (QED) is 0.780. The molecule has 0 spiro atoms. The molecule has 4 aliphatic heterocycles. The molecule has 4 saturated heterocycles. The second-order valence-electron chi connectivity index (χ2n) is 10.5. The molecule has 6 rings (SSSR count). The van der Waals surface area contributed by atoms with Gasteiger partial charge in [0.25, 0.3) is 0 Å². The number of piperidine rings is 1. The highest BCUT2D eigenvalue weighted by atomic mass is 16.5. The average Bonchev–Trinajstić information content (AvgIpc) is 3.29. The van der Waals surface area contributed by atoms with E-state index >= 15 is 0 Å². The molecule has 4 heterocycles. The lowest BCUT2D eigenvalue weighted by molar-refractivity contribution is -0.0844. The number of nitrogens with one attached hydrogen (secondary N) is 2. The van der Waals surface area contributed by atoms with Gasteiger partial charge >= 0.3 is 0 Å². The molecule has 2 N–H and O–H groups in total. The molecule has 4 nitrogen and oxygen atoms in total.